The number of imidazole rings is 1. The highest BCUT2D eigenvalue weighted by Gasteiger charge is 2.44. The lowest BCUT2D eigenvalue weighted by atomic mass is 9.64. The molecule has 7 nitrogen and oxygen atoms in total. The fourth-order valence-electron chi connectivity index (χ4n) is 6.41. The standard InChI is InChI=1S/C33H30BrClN6O/c1-21-37-11-14-41(21)20-24-15-23-16-27(35)5-8-30(23)33(2,31-29(24)17-26(34)19-38-31)25-9-12-40(13-10-25)32(42)39-28-6-3-22(18-36)4-7-28/h3-8,11,14-17,19,25H,9-10,12-13,20H2,1-2H3,(H,39,42). The number of urea groups is 1. The Labute approximate surface area is 259 Å². The minimum absolute atomic E-state index is 0.126. The number of likely N-dealkylation sites (tertiary alicyclic amines) is 1. The number of hydrogen-bond acceptors (Lipinski definition) is 4. The number of carbonyl (C=O) groups excluding carboxylic acids is 1. The molecule has 1 aliphatic carbocycles. The molecule has 2 amide bonds. The number of carbonyl (C=O) groups is 1. The first-order valence-corrected chi connectivity index (χ1v) is 15.1. The van der Waals surface area contributed by atoms with E-state index in [1.165, 1.54) is 5.56 Å². The number of fused-ring (bicyclic) bond motifs is 2. The number of aryl methyl sites for hydroxylation is 1. The molecule has 1 N–H and O–H groups in total. The van der Waals surface area contributed by atoms with E-state index in [4.69, 9.17) is 21.8 Å². The summed E-state index contributed by atoms with van der Waals surface area (Å²) in [6.45, 7) is 6.23. The number of nitriles is 1. The van der Waals surface area contributed by atoms with Crippen LogP contribution in [0.15, 0.2) is 71.6 Å². The van der Waals surface area contributed by atoms with Crippen molar-refractivity contribution in [3.05, 3.63) is 110 Å². The average molecular weight is 642 g/mol. The van der Waals surface area contributed by atoms with Crippen molar-refractivity contribution in [1.82, 2.24) is 19.4 Å². The van der Waals surface area contributed by atoms with Gasteiger partial charge in [0.15, 0.2) is 0 Å². The van der Waals surface area contributed by atoms with Crippen LogP contribution in [0.5, 0.6) is 0 Å². The maximum Gasteiger partial charge on any atom is 0.321 e. The van der Waals surface area contributed by atoms with Gasteiger partial charge in [0, 0.05) is 64.4 Å². The summed E-state index contributed by atoms with van der Waals surface area (Å²) in [5.41, 5.74) is 6.40. The van der Waals surface area contributed by atoms with Crippen LogP contribution in [0.2, 0.25) is 5.02 Å². The second kappa shape index (κ2) is 11.4. The largest absolute Gasteiger partial charge is 0.331 e. The second-order valence-electron chi connectivity index (χ2n) is 11.1. The number of piperidine rings is 1. The molecule has 6 rings (SSSR count). The highest BCUT2D eigenvalue weighted by Crippen LogP contribution is 2.50. The van der Waals surface area contributed by atoms with Crippen molar-refractivity contribution in [3.63, 3.8) is 0 Å². The third-order valence-electron chi connectivity index (χ3n) is 8.72. The van der Waals surface area contributed by atoms with Gasteiger partial charge in [0.1, 0.15) is 5.82 Å². The van der Waals surface area contributed by atoms with Crippen LogP contribution in [0.25, 0.3) is 11.6 Å². The summed E-state index contributed by atoms with van der Waals surface area (Å²) in [5.74, 6) is 1.19. The second-order valence-corrected chi connectivity index (χ2v) is 12.5. The van der Waals surface area contributed by atoms with Gasteiger partial charge in [0.2, 0.25) is 0 Å². The van der Waals surface area contributed by atoms with E-state index in [9.17, 15) is 4.79 Å². The van der Waals surface area contributed by atoms with Crippen molar-refractivity contribution in [1.29, 1.82) is 5.26 Å². The van der Waals surface area contributed by atoms with E-state index in [-0.39, 0.29) is 11.9 Å². The Morgan fingerprint density at radius 2 is 1.93 bits per heavy atom. The van der Waals surface area contributed by atoms with E-state index in [1.807, 2.05) is 36.5 Å². The number of pyridine rings is 1. The van der Waals surface area contributed by atoms with E-state index in [1.54, 1.807) is 24.3 Å². The summed E-state index contributed by atoms with van der Waals surface area (Å²) < 4.78 is 3.07. The molecule has 1 saturated heterocycles. The van der Waals surface area contributed by atoms with Crippen LogP contribution in [-0.4, -0.2) is 38.6 Å². The van der Waals surface area contributed by atoms with Crippen LogP contribution in [0.1, 0.15) is 53.5 Å². The molecule has 0 radical (unpaired) electrons. The fourth-order valence-corrected chi connectivity index (χ4v) is 6.92. The van der Waals surface area contributed by atoms with Crippen LogP contribution in [0.4, 0.5) is 10.5 Å². The van der Waals surface area contributed by atoms with Gasteiger partial charge in [-0.3, -0.25) is 4.98 Å². The first-order valence-electron chi connectivity index (χ1n) is 14.0. The normalized spacial score (nSPS) is 18.4. The van der Waals surface area contributed by atoms with Gasteiger partial charge in [-0.15, -0.1) is 0 Å². The molecule has 2 aliphatic rings. The zero-order valence-corrected chi connectivity index (χ0v) is 25.8. The molecule has 212 valence electrons. The van der Waals surface area contributed by atoms with Crippen molar-refractivity contribution in [2.75, 3.05) is 18.4 Å². The third-order valence-corrected chi connectivity index (χ3v) is 9.39. The topological polar surface area (TPSA) is 86.8 Å². The Hall–Kier alpha value is -3.93. The number of benzene rings is 2. The smallest absolute Gasteiger partial charge is 0.321 e. The number of allylic oxidation sites excluding steroid dienone is 1. The van der Waals surface area contributed by atoms with Gasteiger partial charge < -0.3 is 14.8 Å². The number of rotatable bonds is 4. The van der Waals surface area contributed by atoms with E-state index in [0.717, 1.165) is 45.5 Å². The number of halogens is 2. The van der Waals surface area contributed by atoms with Gasteiger partial charge in [-0.2, -0.15) is 5.26 Å². The lowest BCUT2D eigenvalue weighted by Crippen LogP contribution is -2.46. The number of aromatic nitrogens is 3. The van der Waals surface area contributed by atoms with Crippen molar-refractivity contribution in [2.24, 2.45) is 5.92 Å². The Morgan fingerprint density at radius 3 is 2.62 bits per heavy atom. The zero-order chi connectivity index (χ0) is 29.4. The summed E-state index contributed by atoms with van der Waals surface area (Å²) in [7, 11) is 0. The molecule has 1 atom stereocenters. The fraction of sp³-hybridized carbons (Fsp3) is 0.273. The van der Waals surface area contributed by atoms with Crippen molar-refractivity contribution in [3.8, 4) is 6.07 Å². The third kappa shape index (κ3) is 5.23. The zero-order valence-electron chi connectivity index (χ0n) is 23.4. The lowest BCUT2D eigenvalue weighted by Gasteiger charge is -2.43. The molecule has 42 heavy (non-hydrogen) atoms. The summed E-state index contributed by atoms with van der Waals surface area (Å²) in [5, 5.41) is 12.7. The Bertz CT molecular complexity index is 1730. The van der Waals surface area contributed by atoms with Gasteiger partial charge in [-0.1, -0.05) is 17.7 Å². The molecule has 2 aromatic carbocycles. The molecule has 1 fully saturated rings. The Kier molecular flexibility index (Phi) is 7.65. The molecular weight excluding hydrogens is 612 g/mol. The van der Waals surface area contributed by atoms with Crippen molar-refractivity contribution < 1.29 is 4.79 Å². The van der Waals surface area contributed by atoms with E-state index >= 15 is 0 Å². The number of amides is 2. The highest BCUT2D eigenvalue weighted by atomic mass is 79.9. The van der Waals surface area contributed by atoms with E-state index < -0.39 is 5.41 Å². The minimum Gasteiger partial charge on any atom is -0.331 e. The van der Waals surface area contributed by atoms with Gasteiger partial charge in [0.25, 0.3) is 0 Å². The SMILES string of the molecule is Cc1nccn1CC1=Cc2cc(Cl)ccc2C(C)(C2CCN(C(=O)Nc3ccc(C#N)cc3)CC2)c2ncc(Br)cc21. The highest BCUT2D eigenvalue weighted by molar-refractivity contribution is 9.10. The lowest BCUT2D eigenvalue weighted by molar-refractivity contribution is 0.159. The maximum absolute atomic E-state index is 13.1. The molecule has 2 aromatic heterocycles. The summed E-state index contributed by atoms with van der Waals surface area (Å²) >= 11 is 10.2. The van der Waals surface area contributed by atoms with Crippen LogP contribution >= 0.6 is 27.5 Å². The minimum atomic E-state index is -0.409. The molecule has 0 saturated carbocycles. The Morgan fingerprint density at radius 1 is 1.17 bits per heavy atom. The average Bonchev–Trinajstić information content (AvgIpc) is 3.36. The quantitative estimate of drug-likeness (QED) is 0.248. The van der Waals surface area contributed by atoms with Crippen LogP contribution in [0, 0.1) is 24.2 Å². The molecule has 1 aliphatic heterocycles. The van der Waals surface area contributed by atoms with E-state index in [2.05, 4.69) is 68.1 Å². The number of anilines is 1. The number of hydrogen-bond donors (Lipinski definition) is 1. The molecule has 0 bridgehead atoms. The first kappa shape index (κ1) is 28.2. The molecule has 9 heteroatoms. The molecular formula is C33H30BrClN6O. The predicted molar refractivity (Wildman–Crippen MR) is 169 cm³/mol. The van der Waals surface area contributed by atoms with Crippen molar-refractivity contribution >= 4 is 50.9 Å². The first-order chi connectivity index (χ1) is 20.3. The molecule has 3 heterocycles. The van der Waals surface area contributed by atoms with Crippen LogP contribution < -0.4 is 5.32 Å². The van der Waals surface area contributed by atoms with Gasteiger partial charge in [-0.05, 0) is 114 Å². The van der Waals surface area contributed by atoms with Gasteiger partial charge in [-0.25, -0.2) is 9.78 Å². The van der Waals surface area contributed by atoms with Gasteiger partial charge >= 0.3 is 6.03 Å². The number of nitrogens with one attached hydrogen (secondary N) is 1. The molecule has 1 unspecified atom stereocenters. The molecule has 0 spiro atoms. The van der Waals surface area contributed by atoms with Crippen LogP contribution in [0.3, 0.4) is 0 Å². The van der Waals surface area contributed by atoms with Crippen LogP contribution in [-0.2, 0) is 12.0 Å². The van der Waals surface area contributed by atoms with Crippen molar-refractivity contribution in [2.45, 2.75) is 38.6 Å². The number of nitrogens with zero attached hydrogens (tertiary/aromatic N) is 5. The predicted octanol–water partition coefficient (Wildman–Crippen LogP) is 7.68. The summed E-state index contributed by atoms with van der Waals surface area (Å²) in [6, 6.07) is 17.3. The Balaban J connectivity index is 1.33. The summed E-state index contributed by atoms with van der Waals surface area (Å²) in [6.07, 6.45) is 9.62. The monoisotopic (exact) mass is 640 g/mol. The molecule has 4 aromatic rings. The maximum atomic E-state index is 13.1. The summed E-state index contributed by atoms with van der Waals surface area (Å²) in [4.78, 5) is 24.5. The van der Waals surface area contributed by atoms with E-state index in [0.29, 0.717) is 35.9 Å². The van der Waals surface area contributed by atoms with Gasteiger partial charge in [0.05, 0.1) is 17.3 Å².